The van der Waals surface area contributed by atoms with E-state index in [4.69, 9.17) is 15.7 Å². The monoisotopic (exact) mass is 281 g/mol. The van der Waals surface area contributed by atoms with E-state index in [1.165, 1.54) is 0 Å². The summed E-state index contributed by atoms with van der Waals surface area (Å²) in [6.07, 6.45) is 0. The van der Waals surface area contributed by atoms with Crippen molar-refractivity contribution >= 4 is 11.6 Å². The summed E-state index contributed by atoms with van der Waals surface area (Å²) in [5, 5.41) is 11.5. The van der Waals surface area contributed by atoms with Gasteiger partial charge in [-0.1, -0.05) is 6.07 Å². The van der Waals surface area contributed by atoms with Crippen molar-refractivity contribution in [2.24, 2.45) is 0 Å². The lowest BCUT2D eigenvalue weighted by Gasteiger charge is -2.08. The summed E-state index contributed by atoms with van der Waals surface area (Å²) >= 11 is 0. The van der Waals surface area contributed by atoms with Gasteiger partial charge in [0, 0.05) is 11.3 Å². The molecule has 0 atom stereocenters. The van der Waals surface area contributed by atoms with Crippen LogP contribution in [0.2, 0.25) is 0 Å². The largest absolute Gasteiger partial charge is 0.492 e. The maximum atomic E-state index is 11.9. The Hall–Kier alpha value is -3.00. The minimum absolute atomic E-state index is 0.229. The fraction of sp³-hybridized carbons (Fsp3) is 0.125. The number of nitrogen functional groups attached to an aromatic ring is 1. The highest BCUT2D eigenvalue weighted by Gasteiger charge is 2.05. The van der Waals surface area contributed by atoms with Crippen molar-refractivity contribution in [3.63, 3.8) is 0 Å². The van der Waals surface area contributed by atoms with Gasteiger partial charge >= 0.3 is 0 Å². The third-order valence-electron chi connectivity index (χ3n) is 2.79. The maximum Gasteiger partial charge on any atom is 0.251 e. The summed E-state index contributed by atoms with van der Waals surface area (Å²) < 4.78 is 5.47. The summed E-state index contributed by atoms with van der Waals surface area (Å²) in [4.78, 5) is 11.9. The number of nitrogens with one attached hydrogen (secondary N) is 1. The van der Waals surface area contributed by atoms with Crippen LogP contribution in [-0.2, 0) is 0 Å². The summed E-state index contributed by atoms with van der Waals surface area (Å²) in [7, 11) is 0. The van der Waals surface area contributed by atoms with Gasteiger partial charge in [0.1, 0.15) is 12.4 Å². The first-order chi connectivity index (χ1) is 10.2. The van der Waals surface area contributed by atoms with E-state index >= 15 is 0 Å². The number of nitrogens with zero attached hydrogens (tertiary/aromatic N) is 1. The molecule has 5 heteroatoms. The highest BCUT2D eigenvalue weighted by atomic mass is 16.5. The molecule has 2 rings (SSSR count). The van der Waals surface area contributed by atoms with Crippen LogP contribution in [0.15, 0.2) is 48.5 Å². The number of carbonyl (C=O) groups is 1. The molecular weight excluding hydrogens is 266 g/mol. The summed E-state index contributed by atoms with van der Waals surface area (Å²) in [6, 6.07) is 15.6. The molecular formula is C16H15N3O2. The number of benzene rings is 2. The molecule has 2 aromatic carbocycles. The van der Waals surface area contributed by atoms with Gasteiger partial charge in [0.05, 0.1) is 18.2 Å². The molecule has 0 aliphatic carbocycles. The number of hydrogen-bond acceptors (Lipinski definition) is 4. The lowest BCUT2D eigenvalue weighted by atomic mass is 10.1. The third kappa shape index (κ3) is 4.25. The molecule has 1 amide bonds. The molecule has 0 radical (unpaired) electrons. The predicted molar refractivity (Wildman–Crippen MR) is 79.8 cm³/mol. The Balaban J connectivity index is 1.79. The molecule has 0 saturated carbocycles. The lowest BCUT2D eigenvalue weighted by molar-refractivity contribution is 0.0947. The molecule has 0 bridgehead atoms. The van der Waals surface area contributed by atoms with E-state index in [0.717, 1.165) is 0 Å². The van der Waals surface area contributed by atoms with E-state index in [2.05, 4.69) is 5.32 Å². The highest BCUT2D eigenvalue weighted by Crippen LogP contribution is 2.12. The number of nitrogens with two attached hydrogens (primary N) is 1. The number of nitriles is 1. The van der Waals surface area contributed by atoms with Crippen LogP contribution < -0.4 is 15.8 Å². The summed E-state index contributed by atoms with van der Waals surface area (Å²) in [5.74, 6) is 0.470. The van der Waals surface area contributed by atoms with E-state index in [1.807, 2.05) is 6.07 Å². The fourth-order valence-electron chi connectivity index (χ4n) is 1.73. The van der Waals surface area contributed by atoms with Gasteiger partial charge in [-0.3, -0.25) is 4.79 Å². The van der Waals surface area contributed by atoms with Crippen LogP contribution in [0.4, 0.5) is 5.69 Å². The molecule has 0 fully saturated rings. The van der Waals surface area contributed by atoms with Crippen LogP contribution in [0.1, 0.15) is 15.9 Å². The Kier molecular flexibility index (Phi) is 4.78. The number of carbonyl (C=O) groups excluding carboxylic acids is 1. The van der Waals surface area contributed by atoms with Crippen LogP contribution in [0.3, 0.4) is 0 Å². The number of anilines is 1. The van der Waals surface area contributed by atoms with E-state index in [9.17, 15) is 4.79 Å². The SMILES string of the molecule is N#Cc1cccc(C(=O)NCCOc2ccc(N)cc2)c1. The van der Waals surface area contributed by atoms with Gasteiger partial charge in [0.15, 0.2) is 0 Å². The van der Waals surface area contributed by atoms with Crippen LogP contribution in [0, 0.1) is 11.3 Å². The van der Waals surface area contributed by atoms with E-state index in [1.54, 1.807) is 48.5 Å². The van der Waals surface area contributed by atoms with Crippen molar-refractivity contribution < 1.29 is 9.53 Å². The first kappa shape index (κ1) is 14.4. The fourth-order valence-corrected chi connectivity index (χ4v) is 1.73. The number of hydrogen-bond donors (Lipinski definition) is 2. The molecule has 5 nitrogen and oxygen atoms in total. The van der Waals surface area contributed by atoms with Gasteiger partial charge in [-0.2, -0.15) is 5.26 Å². The van der Waals surface area contributed by atoms with Gasteiger partial charge in [0.25, 0.3) is 5.91 Å². The Morgan fingerprint density at radius 3 is 2.71 bits per heavy atom. The van der Waals surface area contributed by atoms with Crippen LogP contribution in [0.5, 0.6) is 5.75 Å². The molecule has 0 saturated heterocycles. The van der Waals surface area contributed by atoms with Crippen LogP contribution in [-0.4, -0.2) is 19.1 Å². The molecule has 0 aliphatic rings. The molecule has 2 aromatic rings. The third-order valence-corrected chi connectivity index (χ3v) is 2.79. The Labute approximate surface area is 123 Å². The highest BCUT2D eigenvalue weighted by molar-refractivity contribution is 5.94. The van der Waals surface area contributed by atoms with Gasteiger partial charge in [-0.15, -0.1) is 0 Å². The Morgan fingerprint density at radius 2 is 2.00 bits per heavy atom. The second kappa shape index (κ2) is 6.96. The first-order valence-electron chi connectivity index (χ1n) is 6.46. The minimum atomic E-state index is -0.229. The zero-order chi connectivity index (χ0) is 15.1. The van der Waals surface area contributed by atoms with E-state index in [0.29, 0.717) is 35.7 Å². The molecule has 0 heterocycles. The minimum Gasteiger partial charge on any atom is -0.492 e. The molecule has 21 heavy (non-hydrogen) atoms. The molecule has 0 spiro atoms. The average molecular weight is 281 g/mol. The van der Waals surface area contributed by atoms with Gasteiger partial charge in [-0.05, 0) is 42.5 Å². The molecule has 0 aliphatic heterocycles. The summed E-state index contributed by atoms with van der Waals surface area (Å²) in [5.41, 5.74) is 7.17. The Morgan fingerprint density at radius 1 is 1.24 bits per heavy atom. The van der Waals surface area contributed by atoms with Crippen molar-refractivity contribution in [2.75, 3.05) is 18.9 Å². The number of ether oxygens (including phenoxy) is 1. The quantitative estimate of drug-likeness (QED) is 0.647. The van der Waals surface area contributed by atoms with E-state index in [-0.39, 0.29) is 5.91 Å². The van der Waals surface area contributed by atoms with Crippen LogP contribution >= 0.6 is 0 Å². The predicted octanol–water partition coefficient (Wildman–Crippen LogP) is 1.95. The van der Waals surface area contributed by atoms with Gasteiger partial charge in [-0.25, -0.2) is 0 Å². The second-order valence-electron chi connectivity index (χ2n) is 4.37. The van der Waals surface area contributed by atoms with Crippen LogP contribution in [0.25, 0.3) is 0 Å². The number of rotatable bonds is 5. The van der Waals surface area contributed by atoms with Gasteiger partial charge < -0.3 is 15.8 Å². The lowest BCUT2D eigenvalue weighted by Crippen LogP contribution is -2.28. The zero-order valence-corrected chi connectivity index (χ0v) is 11.4. The standard InChI is InChI=1S/C16H15N3O2/c17-11-12-2-1-3-13(10-12)16(20)19-8-9-21-15-6-4-14(18)5-7-15/h1-7,10H,8-9,18H2,(H,19,20). The molecule has 3 N–H and O–H groups in total. The maximum absolute atomic E-state index is 11.9. The molecule has 0 aromatic heterocycles. The topological polar surface area (TPSA) is 88.1 Å². The smallest absolute Gasteiger partial charge is 0.251 e. The van der Waals surface area contributed by atoms with Crippen molar-refractivity contribution in [1.82, 2.24) is 5.32 Å². The molecule has 0 unspecified atom stereocenters. The van der Waals surface area contributed by atoms with Crippen molar-refractivity contribution in [1.29, 1.82) is 5.26 Å². The van der Waals surface area contributed by atoms with E-state index < -0.39 is 0 Å². The van der Waals surface area contributed by atoms with Gasteiger partial charge in [0.2, 0.25) is 0 Å². The summed E-state index contributed by atoms with van der Waals surface area (Å²) in [6.45, 7) is 0.730. The van der Waals surface area contributed by atoms with Crippen molar-refractivity contribution in [3.05, 3.63) is 59.7 Å². The van der Waals surface area contributed by atoms with Crippen molar-refractivity contribution in [2.45, 2.75) is 0 Å². The van der Waals surface area contributed by atoms with Crippen molar-refractivity contribution in [3.8, 4) is 11.8 Å². The zero-order valence-electron chi connectivity index (χ0n) is 11.4. The average Bonchev–Trinajstić information content (AvgIpc) is 2.53. The first-order valence-corrected chi connectivity index (χ1v) is 6.46. The normalized spacial score (nSPS) is 9.67. The Bertz CT molecular complexity index is 660. The number of amides is 1. The second-order valence-corrected chi connectivity index (χ2v) is 4.37. The molecule has 106 valence electrons.